The molecule has 1 aromatic carbocycles. The SMILES string of the molecule is COc1cc(N)ccc1C(=O)OCC(=O)NCCC#N. The maximum Gasteiger partial charge on any atom is 0.342 e. The van der Waals surface area contributed by atoms with E-state index in [9.17, 15) is 9.59 Å². The van der Waals surface area contributed by atoms with Gasteiger partial charge in [0, 0.05) is 18.3 Å². The first-order valence-corrected chi connectivity index (χ1v) is 5.82. The van der Waals surface area contributed by atoms with Crippen LogP contribution < -0.4 is 15.8 Å². The van der Waals surface area contributed by atoms with Gasteiger partial charge in [0.05, 0.1) is 19.6 Å². The Balaban J connectivity index is 2.55. The number of carbonyl (C=O) groups is 2. The van der Waals surface area contributed by atoms with E-state index in [4.69, 9.17) is 20.5 Å². The van der Waals surface area contributed by atoms with Gasteiger partial charge < -0.3 is 20.5 Å². The molecule has 0 saturated carbocycles. The Morgan fingerprint density at radius 1 is 1.45 bits per heavy atom. The van der Waals surface area contributed by atoms with Crippen LogP contribution in [0.2, 0.25) is 0 Å². The predicted octanol–water partition coefficient (Wildman–Crippen LogP) is 0.464. The van der Waals surface area contributed by atoms with E-state index in [0.29, 0.717) is 5.69 Å². The van der Waals surface area contributed by atoms with Gasteiger partial charge in [-0.2, -0.15) is 5.26 Å². The first-order chi connectivity index (χ1) is 9.58. The average Bonchev–Trinajstić information content (AvgIpc) is 2.44. The molecule has 0 aliphatic heterocycles. The van der Waals surface area contributed by atoms with Gasteiger partial charge in [-0.3, -0.25) is 4.79 Å². The summed E-state index contributed by atoms with van der Waals surface area (Å²) in [5, 5.41) is 10.8. The molecule has 0 aliphatic carbocycles. The number of benzene rings is 1. The van der Waals surface area contributed by atoms with E-state index in [0.717, 1.165) is 0 Å². The van der Waals surface area contributed by atoms with E-state index in [1.165, 1.54) is 25.3 Å². The molecule has 7 heteroatoms. The van der Waals surface area contributed by atoms with Crippen LogP contribution in [0, 0.1) is 11.3 Å². The number of nitriles is 1. The van der Waals surface area contributed by atoms with Crippen molar-refractivity contribution in [1.82, 2.24) is 5.32 Å². The van der Waals surface area contributed by atoms with Crippen molar-refractivity contribution in [3.05, 3.63) is 23.8 Å². The fraction of sp³-hybridized carbons (Fsp3) is 0.308. The first kappa shape index (κ1) is 15.3. The Labute approximate surface area is 116 Å². The fourth-order valence-electron chi connectivity index (χ4n) is 1.39. The number of nitrogens with one attached hydrogen (secondary N) is 1. The van der Waals surface area contributed by atoms with Gasteiger partial charge in [-0.1, -0.05) is 0 Å². The van der Waals surface area contributed by atoms with Gasteiger partial charge in [-0.15, -0.1) is 0 Å². The van der Waals surface area contributed by atoms with Gasteiger partial charge in [-0.25, -0.2) is 4.79 Å². The van der Waals surface area contributed by atoms with Crippen LogP contribution in [0.4, 0.5) is 5.69 Å². The lowest BCUT2D eigenvalue weighted by atomic mass is 10.2. The van der Waals surface area contributed by atoms with Crippen LogP contribution in [0.5, 0.6) is 5.75 Å². The molecule has 0 atom stereocenters. The number of hydrogen-bond acceptors (Lipinski definition) is 6. The third-order valence-corrected chi connectivity index (χ3v) is 2.34. The summed E-state index contributed by atoms with van der Waals surface area (Å²) in [6.07, 6.45) is 0.200. The van der Waals surface area contributed by atoms with Gasteiger partial charge in [0.15, 0.2) is 6.61 Å². The van der Waals surface area contributed by atoms with Crippen LogP contribution in [0.3, 0.4) is 0 Å². The number of hydrogen-bond donors (Lipinski definition) is 2. The number of nitrogens with two attached hydrogens (primary N) is 1. The topological polar surface area (TPSA) is 114 Å². The summed E-state index contributed by atoms with van der Waals surface area (Å²) < 4.78 is 9.86. The molecule has 0 saturated heterocycles. The smallest absolute Gasteiger partial charge is 0.342 e. The molecule has 0 radical (unpaired) electrons. The standard InChI is InChI=1S/C13H15N3O4/c1-19-11-7-9(15)3-4-10(11)13(18)20-8-12(17)16-6-2-5-14/h3-4,7H,2,6,8,15H2,1H3,(H,16,17). The lowest BCUT2D eigenvalue weighted by molar-refractivity contribution is -0.124. The minimum atomic E-state index is -0.683. The highest BCUT2D eigenvalue weighted by atomic mass is 16.5. The monoisotopic (exact) mass is 277 g/mol. The quantitative estimate of drug-likeness (QED) is 0.443. The predicted molar refractivity (Wildman–Crippen MR) is 70.9 cm³/mol. The number of anilines is 1. The third-order valence-electron chi connectivity index (χ3n) is 2.34. The molecule has 0 unspecified atom stereocenters. The molecule has 0 fully saturated rings. The second-order valence-corrected chi connectivity index (χ2v) is 3.79. The highest BCUT2D eigenvalue weighted by molar-refractivity contribution is 5.94. The number of methoxy groups -OCH3 is 1. The van der Waals surface area contributed by atoms with Crippen LogP contribution in [0.25, 0.3) is 0 Å². The molecule has 0 spiro atoms. The van der Waals surface area contributed by atoms with Crippen LogP contribution in [-0.4, -0.2) is 32.1 Å². The first-order valence-electron chi connectivity index (χ1n) is 5.82. The zero-order valence-corrected chi connectivity index (χ0v) is 11.0. The molecule has 1 rings (SSSR count). The molecular weight excluding hydrogens is 262 g/mol. The molecule has 7 nitrogen and oxygen atoms in total. The number of carbonyl (C=O) groups excluding carboxylic acids is 2. The zero-order chi connectivity index (χ0) is 15.0. The maximum atomic E-state index is 11.8. The molecule has 0 bridgehead atoms. The highest BCUT2D eigenvalue weighted by Gasteiger charge is 2.15. The number of nitrogen functional groups attached to an aromatic ring is 1. The van der Waals surface area contributed by atoms with Gasteiger partial charge in [-0.05, 0) is 12.1 Å². The van der Waals surface area contributed by atoms with Crippen molar-refractivity contribution in [3.63, 3.8) is 0 Å². The Hall–Kier alpha value is -2.75. The zero-order valence-electron chi connectivity index (χ0n) is 11.0. The minimum Gasteiger partial charge on any atom is -0.496 e. The summed E-state index contributed by atoms with van der Waals surface area (Å²) in [5.74, 6) is -0.875. The van der Waals surface area contributed by atoms with Crippen molar-refractivity contribution < 1.29 is 19.1 Å². The maximum absolute atomic E-state index is 11.8. The van der Waals surface area contributed by atoms with Crippen LogP contribution >= 0.6 is 0 Å². The number of nitrogens with zero attached hydrogens (tertiary/aromatic N) is 1. The molecule has 0 aromatic heterocycles. The molecule has 0 aliphatic rings. The summed E-state index contributed by atoms with van der Waals surface area (Å²) in [6.45, 7) is -0.199. The summed E-state index contributed by atoms with van der Waals surface area (Å²) in [6, 6.07) is 6.37. The number of esters is 1. The second kappa shape index (κ2) is 7.63. The Kier molecular flexibility index (Phi) is 5.84. The number of amides is 1. The molecule has 106 valence electrons. The van der Waals surface area contributed by atoms with Gasteiger partial charge >= 0.3 is 5.97 Å². The number of ether oxygens (including phenoxy) is 2. The Morgan fingerprint density at radius 3 is 2.85 bits per heavy atom. The van der Waals surface area contributed by atoms with Crippen molar-refractivity contribution in [2.75, 3.05) is 26.0 Å². The summed E-state index contributed by atoms with van der Waals surface area (Å²) in [7, 11) is 1.40. The van der Waals surface area contributed by atoms with E-state index in [-0.39, 0.29) is 24.3 Å². The van der Waals surface area contributed by atoms with Gasteiger partial charge in [0.25, 0.3) is 5.91 Å². The van der Waals surface area contributed by atoms with Crippen LogP contribution in [0.15, 0.2) is 18.2 Å². The lowest BCUT2D eigenvalue weighted by Crippen LogP contribution is -2.29. The van der Waals surface area contributed by atoms with Crippen molar-refractivity contribution in [1.29, 1.82) is 5.26 Å². The molecule has 0 heterocycles. The van der Waals surface area contributed by atoms with Crippen molar-refractivity contribution in [3.8, 4) is 11.8 Å². The second-order valence-electron chi connectivity index (χ2n) is 3.79. The average molecular weight is 277 g/mol. The van der Waals surface area contributed by atoms with E-state index in [1.54, 1.807) is 0 Å². The fourth-order valence-corrected chi connectivity index (χ4v) is 1.39. The van der Waals surface area contributed by atoms with E-state index < -0.39 is 18.5 Å². The molecule has 20 heavy (non-hydrogen) atoms. The largest absolute Gasteiger partial charge is 0.496 e. The van der Waals surface area contributed by atoms with E-state index in [1.807, 2.05) is 6.07 Å². The third kappa shape index (κ3) is 4.49. The van der Waals surface area contributed by atoms with Crippen molar-refractivity contribution in [2.24, 2.45) is 0 Å². The van der Waals surface area contributed by atoms with Crippen molar-refractivity contribution >= 4 is 17.6 Å². The van der Waals surface area contributed by atoms with Crippen LogP contribution in [-0.2, 0) is 9.53 Å². The minimum absolute atomic E-state index is 0.187. The lowest BCUT2D eigenvalue weighted by Gasteiger charge is -2.09. The van der Waals surface area contributed by atoms with E-state index in [2.05, 4.69) is 5.32 Å². The number of rotatable bonds is 6. The highest BCUT2D eigenvalue weighted by Crippen LogP contribution is 2.22. The molecule has 1 amide bonds. The molecule has 3 N–H and O–H groups in total. The Bertz CT molecular complexity index is 537. The summed E-state index contributed by atoms with van der Waals surface area (Å²) >= 11 is 0. The Morgan fingerprint density at radius 2 is 2.20 bits per heavy atom. The van der Waals surface area contributed by atoms with E-state index >= 15 is 0 Å². The molecular formula is C13H15N3O4. The molecule has 1 aromatic rings. The van der Waals surface area contributed by atoms with Gasteiger partial charge in [0.1, 0.15) is 11.3 Å². The van der Waals surface area contributed by atoms with Crippen LogP contribution in [0.1, 0.15) is 16.8 Å². The summed E-state index contributed by atoms with van der Waals surface area (Å²) in [5.41, 5.74) is 6.21. The summed E-state index contributed by atoms with van der Waals surface area (Å²) in [4.78, 5) is 23.1. The van der Waals surface area contributed by atoms with Gasteiger partial charge in [0.2, 0.25) is 0 Å². The normalized spacial score (nSPS) is 9.40. The van der Waals surface area contributed by atoms with Crippen molar-refractivity contribution in [2.45, 2.75) is 6.42 Å².